The van der Waals surface area contributed by atoms with E-state index in [9.17, 15) is 0 Å². The van der Waals surface area contributed by atoms with Gasteiger partial charge in [0.15, 0.2) is 0 Å². The monoisotopic (exact) mass is 215 g/mol. The van der Waals surface area contributed by atoms with Gasteiger partial charge in [-0.15, -0.1) is 0 Å². The lowest BCUT2D eigenvalue weighted by Gasteiger charge is -2.00. The molecule has 2 N–H and O–H groups in total. The molecule has 84 valence electrons. The molecule has 0 aliphatic carbocycles. The highest BCUT2D eigenvalue weighted by Gasteiger charge is 1.99. The lowest BCUT2D eigenvalue weighted by atomic mass is 10.2. The van der Waals surface area contributed by atoms with E-state index in [1.54, 1.807) is 0 Å². The number of hydrogen-bond donors (Lipinski definition) is 1. The zero-order valence-corrected chi connectivity index (χ0v) is 9.34. The van der Waals surface area contributed by atoms with E-state index in [4.69, 9.17) is 5.73 Å². The van der Waals surface area contributed by atoms with Gasteiger partial charge in [0.1, 0.15) is 0 Å². The Morgan fingerprint density at radius 1 is 1.12 bits per heavy atom. The predicted molar refractivity (Wildman–Crippen MR) is 65.1 cm³/mol. The molecule has 0 amide bonds. The van der Waals surface area contributed by atoms with Crippen LogP contribution in [0, 0.1) is 0 Å². The van der Waals surface area contributed by atoms with E-state index in [2.05, 4.69) is 23.4 Å². The van der Waals surface area contributed by atoms with E-state index >= 15 is 0 Å². The van der Waals surface area contributed by atoms with Gasteiger partial charge in [-0.05, 0) is 30.5 Å². The van der Waals surface area contributed by atoms with Crippen molar-refractivity contribution < 1.29 is 0 Å². The summed E-state index contributed by atoms with van der Waals surface area (Å²) in [7, 11) is 0. The fourth-order valence-electron chi connectivity index (χ4n) is 1.70. The largest absolute Gasteiger partial charge is 0.330 e. The van der Waals surface area contributed by atoms with Crippen LogP contribution >= 0.6 is 0 Å². The van der Waals surface area contributed by atoms with Crippen molar-refractivity contribution in [3.05, 3.63) is 53.9 Å². The number of nitrogens with zero attached hydrogens (tertiary/aromatic N) is 2. The summed E-state index contributed by atoms with van der Waals surface area (Å²) in [5, 5.41) is 4.34. The molecule has 0 atom stereocenters. The van der Waals surface area contributed by atoms with E-state index < -0.39 is 0 Å². The first-order valence-electron chi connectivity index (χ1n) is 5.64. The molecule has 0 fully saturated rings. The molecule has 2 rings (SSSR count). The number of nitrogens with two attached hydrogens (primary N) is 1. The zero-order valence-electron chi connectivity index (χ0n) is 9.34. The normalized spacial score (nSPS) is 10.6. The van der Waals surface area contributed by atoms with Crippen molar-refractivity contribution in [1.82, 2.24) is 9.78 Å². The quantitative estimate of drug-likeness (QED) is 0.826. The van der Waals surface area contributed by atoms with Crippen LogP contribution in [0.4, 0.5) is 0 Å². The number of hydrogen-bond acceptors (Lipinski definition) is 2. The lowest BCUT2D eigenvalue weighted by molar-refractivity contribution is 0.685. The van der Waals surface area contributed by atoms with E-state index in [1.165, 1.54) is 11.1 Å². The van der Waals surface area contributed by atoms with Crippen LogP contribution in [0.25, 0.3) is 0 Å². The van der Waals surface area contributed by atoms with Gasteiger partial charge in [-0.2, -0.15) is 5.10 Å². The Morgan fingerprint density at radius 2 is 1.94 bits per heavy atom. The fraction of sp³-hybridized carbons (Fsp3) is 0.308. The van der Waals surface area contributed by atoms with Gasteiger partial charge in [-0.25, -0.2) is 0 Å². The smallest absolute Gasteiger partial charge is 0.0659 e. The van der Waals surface area contributed by atoms with Crippen molar-refractivity contribution in [3.63, 3.8) is 0 Å². The summed E-state index contributed by atoms with van der Waals surface area (Å²) in [4.78, 5) is 0. The van der Waals surface area contributed by atoms with Gasteiger partial charge in [-0.1, -0.05) is 30.3 Å². The molecule has 0 saturated carbocycles. The Kier molecular flexibility index (Phi) is 3.72. The van der Waals surface area contributed by atoms with Gasteiger partial charge in [0.2, 0.25) is 0 Å². The van der Waals surface area contributed by atoms with Gasteiger partial charge >= 0.3 is 0 Å². The highest BCUT2D eigenvalue weighted by Crippen LogP contribution is 2.05. The number of rotatable bonds is 5. The zero-order chi connectivity index (χ0) is 11.2. The average molecular weight is 215 g/mol. The Balaban J connectivity index is 1.97. The van der Waals surface area contributed by atoms with Gasteiger partial charge in [-0.3, -0.25) is 4.68 Å². The van der Waals surface area contributed by atoms with E-state index in [0.29, 0.717) is 0 Å². The molecular weight excluding hydrogens is 198 g/mol. The van der Waals surface area contributed by atoms with Crippen molar-refractivity contribution >= 4 is 0 Å². The molecule has 0 radical (unpaired) electrons. The standard InChI is InChI=1S/C13H17N3/c14-8-4-7-13-9-15-16(11-13)10-12-5-2-1-3-6-12/h1-3,5-6,9,11H,4,7-8,10,14H2. The van der Waals surface area contributed by atoms with Crippen molar-refractivity contribution in [1.29, 1.82) is 0 Å². The van der Waals surface area contributed by atoms with Crippen molar-refractivity contribution in [2.75, 3.05) is 6.54 Å². The first-order chi connectivity index (χ1) is 7.88. The second-order valence-electron chi connectivity index (χ2n) is 3.92. The van der Waals surface area contributed by atoms with Crippen LogP contribution in [-0.2, 0) is 13.0 Å². The molecule has 0 saturated heterocycles. The first kappa shape index (κ1) is 10.9. The molecule has 16 heavy (non-hydrogen) atoms. The fourth-order valence-corrected chi connectivity index (χ4v) is 1.70. The summed E-state index contributed by atoms with van der Waals surface area (Å²) in [6, 6.07) is 10.4. The minimum atomic E-state index is 0.740. The van der Waals surface area contributed by atoms with Crippen LogP contribution < -0.4 is 5.73 Å². The summed E-state index contributed by atoms with van der Waals surface area (Å²) in [6.45, 7) is 1.58. The van der Waals surface area contributed by atoms with E-state index in [0.717, 1.165) is 25.9 Å². The average Bonchev–Trinajstić information content (AvgIpc) is 2.75. The highest BCUT2D eigenvalue weighted by atomic mass is 15.3. The molecule has 0 aliphatic heterocycles. The molecule has 1 aromatic heterocycles. The summed E-state index contributed by atoms with van der Waals surface area (Å²) in [5.41, 5.74) is 8.02. The maximum Gasteiger partial charge on any atom is 0.0659 e. The second kappa shape index (κ2) is 5.47. The molecule has 2 aromatic rings. The number of benzene rings is 1. The Labute approximate surface area is 95.9 Å². The van der Waals surface area contributed by atoms with Crippen LogP contribution in [0.2, 0.25) is 0 Å². The van der Waals surface area contributed by atoms with Crippen LogP contribution in [0.1, 0.15) is 17.5 Å². The Hall–Kier alpha value is -1.61. The summed E-state index contributed by atoms with van der Waals surface area (Å²) >= 11 is 0. The number of aromatic nitrogens is 2. The number of aryl methyl sites for hydroxylation is 1. The molecular formula is C13H17N3. The van der Waals surface area contributed by atoms with E-state index in [-0.39, 0.29) is 0 Å². The lowest BCUT2D eigenvalue weighted by Crippen LogP contribution is -2.00. The van der Waals surface area contributed by atoms with Crippen molar-refractivity contribution in [2.24, 2.45) is 5.73 Å². The molecule has 0 spiro atoms. The molecule has 1 aromatic carbocycles. The molecule has 0 bridgehead atoms. The van der Waals surface area contributed by atoms with Crippen LogP contribution in [0.5, 0.6) is 0 Å². The third kappa shape index (κ3) is 2.94. The summed E-state index contributed by atoms with van der Waals surface area (Å²) < 4.78 is 1.97. The topological polar surface area (TPSA) is 43.8 Å². The van der Waals surface area contributed by atoms with Crippen LogP contribution in [0.3, 0.4) is 0 Å². The predicted octanol–water partition coefficient (Wildman–Crippen LogP) is 1.82. The summed E-state index contributed by atoms with van der Waals surface area (Å²) in [5.74, 6) is 0. The van der Waals surface area contributed by atoms with Crippen LogP contribution in [-0.4, -0.2) is 16.3 Å². The molecule has 3 heteroatoms. The van der Waals surface area contributed by atoms with Crippen LogP contribution in [0.15, 0.2) is 42.7 Å². The molecule has 1 heterocycles. The highest BCUT2D eigenvalue weighted by molar-refractivity contribution is 5.15. The van der Waals surface area contributed by atoms with E-state index in [1.807, 2.05) is 29.1 Å². The third-order valence-electron chi connectivity index (χ3n) is 2.54. The third-order valence-corrected chi connectivity index (χ3v) is 2.54. The second-order valence-corrected chi connectivity index (χ2v) is 3.92. The minimum absolute atomic E-state index is 0.740. The molecule has 3 nitrogen and oxygen atoms in total. The van der Waals surface area contributed by atoms with Crippen molar-refractivity contribution in [2.45, 2.75) is 19.4 Å². The molecule has 0 aliphatic rings. The van der Waals surface area contributed by atoms with Gasteiger partial charge in [0.25, 0.3) is 0 Å². The van der Waals surface area contributed by atoms with Gasteiger partial charge in [0, 0.05) is 6.20 Å². The maximum absolute atomic E-state index is 5.48. The van der Waals surface area contributed by atoms with Gasteiger partial charge < -0.3 is 5.73 Å². The summed E-state index contributed by atoms with van der Waals surface area (Å²) in [6.07, 6.45) is 6.07. The van der Waals surface area contributed by atoms with Crippen molar-refractivity contribution in [3.8, 4) is 0 Å². The van der Waals surface area contributed by atoms with Gasteiger partial charge in [0.05, 0.1) is 12.7 Å². The molecule has 0 unspecified atom stereocenters. The Morgan fingerprint density at radius 3 is 2.69 bits per heavy atom. The minimum Gasteiger partial charge on any atom is -0.330 e. The SMILES string of the molecule is NCCCc1cnn(Cc2ccccc2)c1. The maximum atomic E-state index is 5.48. The Bertz CT molecular complexity index is 420. The first-order valence-corrected chi connectivity index (χ1v) is 5.64.